The normalized spacial score (nSPS) is 20.0. The number of hydrogen-bond acceptors (Lipinski definition) is 5. The first-order chi connectivity index (χ1) is 13.1. The second kappa shape index (κ2) is 7.39. The van der Waals surface area contributed by atoms with Gasteiger partial charge in [0.15, 0.2) is 0 Å². The van der Waals surface area contributed by atoms with Crippen molar-refractivity contribution in [1.29, 1.82) is 5.26 Å². The van der Waals surface area contributed by atoms with Gasteiger partial charge in [0.2, 0.25) is 0 Å². The minimum absolute atomic E-state index is 0.168. The molecule has 2 N–H and O–H groups in total. The van der Waals surface area contributed by atoms with Crippen LogP contribution in [0.5, 0.6) is 0 Å². The fourth-order valence-electron chi connectivity index (χ4n) is 3.74. The Bertz CT molecular complexity index is 968. The number of nitrogens with zero attached hydrogens (tertiary/aromatic N) is 3. The maximum absolute atomic E-state index is 10.4. The lowest BCUT2D eigenvalue weighted by molar-refractivity contribution is 0.140. The topological polar surface area (TPSA) is 89.1 Å². The molecule has 2 aromatic heterocycles. The van der Waals surface area contributed by atoms with E-state index in [1.54, 1.807) is 6.07 Å². The average molecular weight is 362 g/mol. The van der Waals surface area contributed by atoms with E-state index in [0.717, 1.165) is 35.7 Å². The zero-order valence-electron chi connectivity index (χ0n) is 15.2. The van der Waals surface area contributed by atoms with Crippen LogP contribution in [0, 0.1) is 24.2 Å². The first-order valence-corrected chi connectivity index (χ1v) is 9.12. The third-order valence-corrected chi connectivity index (χ3v) is 5.07. The number of aromatic amines is 1. The van der Waals surface area contributed by atoms with Crippen LogP contribution in [-0.2, 0) is 13.0 Å². The Morgan fingerprint density at radius 3 is 2.93 bits per heavy atom. The molecule has 0 aliphatic carbocycles. The van der Waals surface area contributed by atoms with Gasteiger partial charge in [-0.2, -0.15) is 10.4 Å². The molecule has 4 rings (SSSR count). The van der Waals surface area contributed by atoms with Crippen LogP contribution in [0.3, 0.4) is 0 Å². The Labute approximate surface area is 158 Å². The standard InChI is InChI=1S/C21H22N4O2/c1-14-8-17(24-23-14)9-16-11-25(13-20(16)26)12-18-6-7-21(27-18)19-5-3-2-4-15(19)10-22/h2-8,16,20,26H,9,11-13H2,1H3,(H,23,24)/t16-,20-/m1/s1. The highest BCUT2D eigenvalue weighted by molar-refractivity contribution is 5.66. The molecule has 3 aromatic rings. The summed E-state index contributed by atoms with van der Waals surface area (Å²) in [7, 11) is 0. The molecule has 0 radical (unpaired) electrons. The summed E-state index contributed by atoms with van der Waals surface area (Å²) in [4.78, 5) is 2.20. The minimum Gasteiger partial charge on any atom is -0.460 e. The van der Waals surface area contributed by atoms with E-state index in [2.05, 4.69) is 21.2 Å². The molecule has 6 nitrogen and oxygen atoms in total. The molecule has 0 saturated carbocycles. The van der Waals surface area contributed by atoms with Gasteiger partial charge in [0.1, 0.15) is 11.5 Å². The molecular weight excluding hydrogens is 340 g/mol. The molecule has 1 aromatic carbocycles. The number of aryl methyl sites for hydroxylation is 1. The van der Waals surface area contributed by atoms with E-state index in [9.17, 15) is 10.4 Å². The van der Waals surface area contributed by atoms with E-state index in [0.29, 0.717) is 24.4 Å². The van der Waals surface area contributed by atoms with Crippen LogP contribution in [0.4, 0.5) is 0 Å². The Hall–Kier alpha value is -2.88. The van der Waals surface area contributed by atoms with Crippen molar-refractivity contribution in [2.24, 2.45) is 5.92 Å². The smallest absolute Gasteiger partial charge is 0.135 e. The lowest BCUT2D eigenvalue weighted by Gasteiger charge is -2.13. The zero-order chi connectivity index (χ0) is 18.8. The average Bonchev–Trinajstić information content (AvgIpc) is 3.37. The highest BCUT2D eigenvalue weighted by atomic mass is 16.3. The summed E-state index contributed by atoms with van der Waals surface area (Å²) in [6.45, 7) is 4.05. The molecule has 1 fully saturated rings. The number of nitrogens with one attached hydrogen (secondary N) is 1. The molecule has 138 valence electrons. The molecule has 0 bridgehead atoms. The first kappa shape index (κ1) is 17.5. The van der Waals surface area contributed by atoms with Gasteiger partial charge in [-0.1, -0.05) is 12.1 Å². The molecular formula is C21H22N4O2. The highest BCUT2D eigenvalue weighted by Gasteiger charge is 2.32. The summed E-state index contributed by atoms with van der Waals surface area (Å²) >= 11 is 0. The molecule has 0 spiro atoms. The predicted molar refractivity (Wildman–Crippen MR) is 101 cm³/mol. The van der Waals surface area contributed by atoms with Gasteiger partial charge in [-0.15, -0.1) is 0 Å². The van der Waals surface area contributed by atoms with Crippen molar-refractivity contribution >= 4 is 0 Å². The van der Waals surface area contributed by atoms with Crippen LogP contribution < -0.4 is 0 Å². The van der Waals surface area contributed by atoms with Crippen molar-refractivity contribution in [3.05, 3.63) is 65.2 Å². The Morgan fingerprint density at radius 1 is 1.30 bits per heavy atom. The molecule has 0 unspecified atom stereocenters. The Kier molecular flexibility index (Phi) is 4.80. The summed E-state index contributed by atoms with van der Waals surface area (Å²) in [6.07, 6.45) is 0.400. The number of furan rings is 1. The van der Waals surface area contributed by atoms with Crippen molar-refractivity contribution in [3.63, 3.8) is 0 Å². The number of rotatable bonds is 5. The number of hydrogen-bond donors (Lipinski definition) is 2. The van der Waals surface area contributed by atoms with Crippen LogP contribution in [0.25, 0.3) is 11.3 Å². The number of aliphatic hydroxyl groups excluding tert-OH is 1. The number of aliphatic hydroxyl groups is 1. The van der Waals surface area contributed by atoms with Gasteiger partial charge in [0.05, 0.1) is 30.0 Å². The molecule has 1 saturated heterocycles. The maximum atomic E-state index is 10.4. The van der Waals surface area contributed by atoms with Crippen molar-refractivity contribution < 1.29 is 9.52 Å². The van der Waals surface area contributed by atoms with Crippen molar-refractivity contribution in [2.75, 3.05) is 13.1 Å². The molecule has 3 heterocycles. The van der Waals surface area contributed by atoms with Crippen LogP contribution in [0.15, 0.2) is 46.9 Å². The summed E-state index contributed by atoms with van der Waals surface area (Å²) in [5.74, 6) is 1.70. The minimum atomic E-state index is -0.365. The lowest BCUT2D eigenvalue weighted by atomic mass is 10.0. The van der Waals surface area contributed by atoms with Gasteiger partial charge in [0.25, 0.3) is 0 Å². The fourth-order valence-corrected chi connectivity index (χ4v) is 3.74. The molecule has 1 aliphatic heterocycles. The first-order valence-electron chi connectivity index (χ1n) is 9.12. The van der Waals surface area contributed by atoms with E-state index < -0.39 is 0 Å². The van der Waals surface area contributed by atoms with Gasteiger partial charge in [0, 0.05) is 30.3 Å². The van der Waals surface area contributed by atoms with Crippen LogP contribution in [0.2, 0.25) is 0 Å². The third-order valence-electron chi connectivity index (χ3n) is 5.07. The number of likely N-dealkylation sites (tertiary alicyclic amines) is 1. The number of H-pyrrole nitrogens is 1. The largest absolute Gasteiger partial charge is 0.460 e. The van der Waals surface area contributed by atoms with E-state index in [-0.39, 0.29) is 12.0 Å². The van der Waals surface area contributed by atoms with Crippen molar-refractivity contribution in [3.8, 4) is 17.4 Å². The highest BCUT2D eigenvalue weighted by Crippen LogP contribution is 2.28. The van der Waals surface area contributed by atoms with Crippen LogP contribution in [0.1, 0.15) is 22.7 Å². The van der Waals surface area contributed by atoms with Crippen molar-refractivity contribution in [1.82, 2.24) is 15.1 Å². The van der Waals surface area contributed by atoms with E-state index in [1.807, 2.05) is 43.3 Å². The van der Waals surface area contributed by atoms with Gasteiger partial charge in [-0.05, 0) is 43.7 Å². The summed E-state index contributed by atoms with van der Waals surface area (Å²) in [5, 5.41) is 26.9. The lowest BCUT2D eigenvalue weighted by Crippen LogP contribution is -2.21. The number of β-amino-alcohol motifs (C(OH)–C–C–N with tert-alkyl or cyclic N) is 1. The van der Waals surface area contributed by atoms with E-state index in [1.165, 1.54) is 0 Å². The number of aromatic nitrogens is 2. The van der Waals surface area contributed by atoms with Gasteiger partial charge < -0.3 is 9.52 Å². The summed E-state index contributed by atoms with van der Waals surface area (Å²) < 4.78 is 5.97. The number of nitriles is 1. The van der Waals surface area contributed by atoms with E-state index in [4.69, 9.17) is 4.42 Å². The quantitative estimate of drug-likeness (QED) is 0.728. The van der Waals surface area contributed by atoms with Crippen LogP contribution in [-0.4, -0.2) is 39.4 Å². The van der Waals surface area contributed by atoms with Gasteiger partial charge >= 0.3 is 0 Å². The molecule has 0 amide bonds. The molecule has 27 heavy (non-hydrogen) atoms. The fraction of sp³-hybridized carbons (Fsp3) is 0.333. The van der Waals surface area contributed by atoms with Gasteiger partial charge in [-0.3, -0.25) is 10.00 Å². The Balaban J connectivity index is 1.42. The summed E-state index contributed by atoms with van der Waals surface area (Å²) in [6, 6.07) is 15.5. The SMILES string of the molecule is Cc1cc(C[C@@H]2CN(Cc3ccc(-c4ccccc4C#N)o3)C[C@H]2O)n[nH]1. The zero-order valence-corrected chi connectivity index (χ0v) is 15.2. The van der Waals surface area contributed by atoms with Crippen molar-refractivity contribution in [2.45, 2.75) is 26.0 Å². The summed E-state index contributed by atoms with van der Waals surface area (Å²) in [5.41, 5.74) is 3.44. The maximum Gasteiger partial charge on any atom is 0.135 e. The third kappa shape index (κ3) is 3.80. The number of benzene rings is 1. The van der Waals surface area contributed by atoms with Gasteiger partial charge in [-0.25, -0.2) is 0 Å². The van der Waals surface area contributed by atoms with E-state index >= 15 is 0 Å². The second-order valence-corrected chi connectivity index (χ2v) is 7.19. The predicted octanol–water partition coefficient (Wildman–Crippen LogP) is 2.89. The molecule has 6 heteroatoms. The second-order valence-electron chi connectivity index (χ2n) is 7.19. The monoisotopic (exact) mass is 362 g/mol. The molecule has 1 aliphatic rings. The molecule has 2 atom stereocenters. The van der Waals surface area contributed by atoms with Crippen LogP contribution >= 0.6 is 0 Å². The Morgan fingerprint density at radius 2 is 2.15 bits per heavy atom.